The largest absolute Gasteiger partial charge is 0.439 e. The SMILES string of the molecule is Cc1ccc(Oc2cc(-n3cncn3)ncn2)cc1. The lowest BCUT2D eigenvalue weighted by Gasteiger charge is -2.06. The fraction of sp³-hybridized carbons (Fsp3) is 0.0769. The van der Waals surface area contributed by atoms with E-state index < -0.39 is 0 Å². The monoisotopic (exact) mass is 253 g/mol. The van der Waals surface area contributed by atoms with Crippen LogP contribution in [0.1, 0.15) is 5.56 Å². The fourth-order valence-corrected chi connectivity index (χ4v) is 1.56. The molecule has 0 amide bonds. The van der Waals surface area contributed by atoms with Crippen molar-refractivity contribution in [1.29, 1.82) is 0 Å². The van der Waals surface area contributed by atoms with Crippen molar-refractivity contribution in [2.24, 2.45) is 0 Å². The molecule has 0 bridgehead atoms. The Morgan fingerprint density at radius 2 is 1.89 bits per heavy atom. The fourth-order valence-electron chi connectivity index (χ4n) is 1.56. The summed E-state index contributed by atoms with van der Waals surface area (Å²) in [5.74, 6) is 1.80. The minimum absolute atomic E-state index is 0.462. The summed E-state index contributed by atoms with van der Waals surface area (Å²) < 4.78 is 7.20. The third-order valence-corrected chi connectivity index (χ3v) is 2.52. The van der Waals surface area contributed by atoms with Crippen molar-refractivity contribution < 1.29 is 4.74 Å². The standard InChI is InChI=1S/C13H11N5O/c1-10-2-4-11(5-3-10)19-13-6-12(15-8-16-13)18-9-14-7-17-18/h2-9H,1H3. The van der Waals surface area contributed by atoms with E-state index in [0.717, 1.165) is 5.75 Å². The third-order valence-electron chi connectivity index (χ3n) is 2.52. The van der Waals surface area contributed by atoms with Gasteiger partial charge in [-0.1, -0.05) is 17.7 Å². The second-order valence-corrected chi connectivity index (χ2v) is 3.97. The first kappa shape index (κ1) is 11.3. The maximum absolute atomic E-state index is 5.66. The highest BCUT2D eigenvalue weighted by atomic mass is 16.5. The lowest BCUT2D eigenvalue weighted by atomic mass is 10.2. The summed E-state index contributed by atoms with van der Waals surface area (Å²) in [7, 11) is 0. The summed E-state index contributed by atoms with van der Waals surface area (Å²) in [4.78, 5) is 12.1. The van der Waals surface area contributed by atoms with Gasteiger partial charge in [0.2, 0.25) is 5.88 Å². The van der Waals surface area contributed by atoms with Gasteiger partial charge in [-0.05, 0) is 19.1 Å². The number of hydrogen-bond acceptors (Lipinski definition) is 5. The predicted octanol–water partition coefficient (Wildman–Crippen LogP) is 2.16. The van der Waals surface area contributed by atoms with Gasteiger partial charge in [-0.2, -0.15) is 5.10 Å². The van der Waals surface area contributed by atoms with E-state index in [-0.39, 0.29) is 0 Å². The van der Waals surface area contributed by atoms with Gasteiger partial charge in [-0.3, -0.25) is 0 Å². The Hall–Kier alpha value is -2.76. The lowest BCUT2D eigenvalue weighted by Crippen LogP contribution is -1.99. The number of aryl methyl sites for hydroxylation is 1. The van der Waals surface area contributed by atoms with Crippen molar-refractivity contribution in [1.82, 2.24) is 24.7 Å². The van der Waals surface area contributed by atoms with Gasteiger partial charge in [0.15, 0.2) is 5.82 Å². The summed E-state index contributed by atoms with van der Waals surface area (Å²) in [5, 5.41) is 4.01. The molecule has 6 nitrogen and oxygen atoms in total. The van der Waals surface area contributed by atoms with Crippen molar-refractivity contribution in [2.75, 3.05) is 0 Å². The number of aromatic nitrogens is 5. The van der Waals surface area contributed by atoms with Crippen LogP contribution in [0.5, 0.6) is 11.6 Å². The molecule has 94 valence electrons. The summed E-state index contributed by atoms with van der Waals surface area (Å²) in [6.45, 7) is 2.03. The average Bonchev–Trinajstić information content (AvgIpc) is 2.96. The van der Waals surface area contributed by atoms with Crippen LogP contribution in [0.15, 0.2) is 49.3 Å². The predicted molar refractivity (Wildman–Crippen MR) is 68.2 cm³/mol. The summed E-state index contributed by atoms with van der Waals surface area (Å²) in [5.41, 5.74) is 1.18. The number of rotatable bonds is 3. The molecule has 19 heavy (non-hydrogen) atoms. The van der Waals surface area contributed by atoms with Gasteiger partial charge in [-0.25, -0.2) is 19.6 Å². The highest BCUT2D eigenvalue weighted by Gasteiger charge is 2.03. The van der Waals surface area contributed by atoms with Gasteiger partial charge in [0.25, 0.3) is 0 Å². The van der Waals surface area contributed by atoms with E-state index in [2.05, 4.69) is 20.1 Å². The summed E-state index contributed by atoms with van der Waals surface area (Å²) in [6, 6.07) is 9.46. The topological polar surface area (TPSA) is 65.7 Å². The second-order valence-electron chi connectivity index (χ2n) is 3.97. The van der Waals surface area contributed by atoms with Crippen molar-refractivity contribution in [3.63, 3.8) is 0 Å². The highest BCUT2D eigenvalue weighted by molar-refractivity contribution is 5.32. The normalized spacial score (nSPS) is 10.4. The van der Waals surface area contributed by atoms with Crippen LogP contribution in [-0.2, 0) is 0 Å². The number of ether oxygens (including phenoxy) is 1. The molecule has 2 aromatic heterocycles. The minimum atomic E-state index is 0.462. The minimum Gasteiger partial charge on any atom is -0.439 e. The zero-order chi connectivity index (χ0) is 13.1. The molecule has 0 saturated heterocycles. The maximum atomic E-state index is 5.66. The zero-order valence-corrected chi connectivity index (χ0v) is 10.3. The smallest absolute Gasteiger partial charge is 0.224 e. The Labute approximate surface area is 109 Å². The molecule has 3 rings (SSSR count). The number of benzene rings is 1. The van der Waals surface area contributed by atoms with Crippen LogP contribution >= 0.6 is 0 Å². The molecule has 0 N–H and O–H groups in total. The van der Waals surface area contributed by atoms with Crippen molar-refractivity contribution >= 4 is 0 Å². The Kier molecular flexibility index (Phi) is 2.89. The van der Waals surface area contributed by atoms with Crippen LogP contribution < -0.4 is 4.74 Å². The first-order chi connectivity index (χ1) is 9.31. The Bertz CT molecular complexity index is 664. The Morgan fingerprint density at radius 1 is 1.05 bits per heavy atom. The van der Waals surface area contributed by atoms with Gasteiger partial charge < -0.3 is 4.74 Å². The van der Waals surface area contributed by atoms with Gasteiger partial charge in [0.1, 0.15) is 24.7 Å². The van der Waals surface area contributed by atoms with Gasteiger partial charge in [0, 0.05) is 6.07 Å². The van der Waals surface area contributed by atoms with Crippen LogP contribution in [0.4, 0.5) is 0 Å². The van der Waals surface area contributed by atoms with Crippen molar-refractivity contribution in [2.45, 2.75) is 6.92 Å². The zero-order valence-electron chi connectivity index (χ0n) is 10.3. The summed E-state index contributed by atoms with van der Waals surface area (Å²) in [6.07, 6.45) is 4.45. The van der Waals surface area contributed by atoms with E-state index in [0.29, 0.717) is 11.7 Å². The van der Waals surface area contributed by atoms with Crippen LogP contribution in [-0.4, -0.2) is 24.7 Å². The molecule has 3 aromatic rings. The number of hydrogen-bond donors (Lipinski definition) is 0. The van der Waals surface area contributed by atoms with Crippen LogP contribution in [0.25, 0.3) is 5.82 Å². The molecule has 6 heteroatoms. The molecule has 1 aromatic carbocycles. The molecule has 0 aliphatic carbocycles. The molecule has 0 aliphatic rings. The molecule has 0 fully saturated rings. The molecule has 0 saturated carbocycles. The van der Waals surface area contributed by atoms with Crippen LogP contribution in [0, 0.1) is 6.92 Å². The van der Waals surface area contributed by atoms with E-state index in [1.807, 2.05) is 31.2 Å². The van der Waals surface area contributed by atoms with E-state index in [1.54, 1.807) is 17.1 Å². The molecule has 2 heterocycles. The van der Waals surface area contributed by atoms with E-state index in [9.17, 15) is 0 Å². The molecule has 0 aliphatic heterocycles. The van der Waals surface area contributed by atoms with Gasteiger partial charge in [-0.15, -0.1) is 0 Å². The maximum Gasteiger partial charge on any atom is 0.224 e. The van der Waals surface area contributed by atoms with E-state index in [4.69, 9.17) is 4.74 Å². The Balaban J connectivity index is 1.85. The van der Waals surface area contributed by atoms with E-state index >= 15 is 0 Å². The van der Waals surface area contributed by atoms with Gasteiger partial charge >= 0.3 is 0 Å². The lowest BCUT2D eigenvalue weighted by molar-refractivity contribution is 0.460. The molecule has 0 spiro atoms. The van der Waals surface area contributed by atoms with Crippen molar-refractivity contribution in [3.05, 3.63) is 54.9 Å². The second kappa shape index (κ2) is 4.85. The molecular formula is C13H11N5O. The van der Waals surface area contributed by atoms with Gasteiger partial charge in [0.05, 0.1) is 0 Å². The first-order valence-corrected chi connectivity index (χ1v) is 5.73. The van der Waals surface area contributed by atoms with Crippen LogP contribution in [0.2, 0.25) is 0 Å². The van der Waals surface area contributed by atoms with Crippen LogP contribution in [0.3, 0.4) is 0 Å². The molecule has 0 radical (unpaired) electrons. The quantitative estimate of drug-likeness (QED) is 0.715. The first-order valence-electron chi connectivity index (χ1n) is 5.73. The van der Waals surface area contributed by atoms with Crippen molar-refractivity contribution in [3.8, 4) is 17.4 Å². The molecule has 0 unspecified atom stereocenters. The third kappa shape index (κ3) is 2.57. The number of nitrogens with zero attached hydrogens (tertiary/aromatic N) is 5. The van der Waals surface area contributed by atoms with E-state index in [1.165, 1.54) is 18.2 Å². The average molecular weight is 253 g/mol. The highest BCUT2D eigenvalue weighted by Crippen LogP contribution is 2.20. The molecule has 0 atom stereocenters. The summed E-state index contributed by atoms with van der Waals surface area (Å²) >= 11 is 0. The molecular weight excluding hydrogens is 242 g/mol. The Morgan fingerprint density at radius 3 is 2.63 bits per heavy atom.